The topological polar surface area (TPSA) is 114 Å². The van der Waals surface area contributed by atoms with Crippen LogP contribution in [0, 0.1) is 0 Å². The average molecular weight is 565 g/mol. The van der Waals surface area contributed by atoms with Crippen LogP contribution in [0.4, 0.5) is 16.6 Å². The molecule has 4 amide bonds. The molecular weight excluding hydrogens is 532 g/mol. The Kier molecular flexibility index (Phi) is 6.72. The minimum absolute atomic E-state index is 0.188. The van der Waals surface area contributed by atoms with Crippen molar-refractivity contribution in [2.45, 2.75) is 30.8 Å². The molecule has 5 aliphatic rings. The molecule has 2 aromatic rings. The second-order valence-corrected chi connectivity index (χ2v) is 11.8. The first-order valence-electron chi connectivity index (χ1n) is 13.9. The maximum absolute atomic E-state index is 13.0. The number of hydrazine groups is 1. The van der Waals surface area contributed by atoms with Crippen LogP contribution in [0.5, 0.6) is 0 Å². The van der Waals surface area contributed by atoms with Gasteiger partial charge in [0.25, 0.3) is 5.91 Å². The van der Waals surface area contributed by atoms with Gasteiger partial charge in [-0.05, 0) is 17.2 Å². The van der Waals surface area contributed by atoms with Gasteiger partial charge in [0, 0.05) is 70.0 Å². The Morgan fingerprint density at radius 3 is 2.52 bits per heavy atom. The van der Waals surface area contributed by atoms with E-state index in [-0.39, 0.29) is 24.8 Å². The van der Waals surface area contributed by atoms with Crippen LogP contribution in [0.2, 0.25) is 0 Å². The zero-order valence-electron chi connectivity index (χ0n) is 22.3. The summed E-state index contributed by atoms with van der Waals surface area (Å²) in [4.78, 5) is 55.1. The van der Waals surface area contributed by atoms with Gasteiger partial charge in [0.05, 0.1) is 36.9 Å². The molecule has 7 rings (SSSR count). The fourth-order valence-electron chi connectivity index (χ4n) is 5.97. The molecule has 0 radical (unpaired) electrons. The quantitative estimate of drug-likeness (QED) is 0.566. The fraction of sp³-hybridized carbons (Fsp3) is 0.519. The lowest BCUT2D eigenvalue weighted by Gasteiger charge is -2.36. The summed E-state index contributed by atoms with van der Waals surface area (Å²) in [5.74, 6) is 2.45. The van der Waals surface area contributed by atoms with Crippen molar-refractivity contribution in [3.05, 3.63) is 40.6 Å². The van der Waals surface area contributed by atoms with E-state index < -0.39 is 6.03 Å². The normalized spacial score (nSPS) is 21.6. The van der Waals surface area contributed by atoms with Gasteiger partial charge in [0.1, 0.15) is 5.82 Å². The number of ether oxygens (including phenoxy) is 1. The number of rotatable bonds is 5. The van der Waals surface area contributed by atoms with Gasteiger partial charge in [-0.1, -0.05) is 12.1 Å². The Morgan fingerprint density at radius 2 is 1.73 bits per heavy atom. The second kappa shape index (κ2) is 10.5. The third kappa shape index (κ3) is 4.75. The minimum Gasteiger partial charge on any atom is -0.378 e. The minimum atomic E-state index is -0.543. The van der Waals surface area contributed by atoms with Crippen molar-refractivity contribution in [1.82, 2.24) is 30.2 Å². The van der Waals surface area contributed by atoms with Gasteiger partial charge < -0.3 is 14.5 Å². The van der Waals surface area contributed by atoms with Crippen molar-refractivity contribution in [1.29, 1.82) is 0 Å². The van der Waals surface area contributed by atoms with E-state index in [2.05, 4.69) is 26.1 Å². The number of carbonyl (C=O) groups excluding carboxylic acids is 3. The van der Waals surface area contributed by atoms with E-state index in [1.165, 1.54) is 20.6 Å². The van der Waals surface area contributed by atoms with Gasteiger partial charge in [-0.2, -0.15) is 4.98 Å². The molecule has 13 heteroatoms. The highest BCUT2D eigenvalue weighted by Gasteiger charge is 2.37. The molecule has 1 N–H and O–H groups in total. The number of imide groups is 1. The molecular formula is C27H32N8O4S. The summed E-state index contributed by atoms with van der Waals surface area (Å²) in [5, 5.41) is 5.07. The summed E-state index contributed by atoms with van der Waals surface area (Å²) in [5.41, 5.74) is 3.84. The molecule has 40 heavy (non-hydrogen) atoms. The maximum Gasteiger partial charge on any atom is 0.342 e. The predicted molar refractivity (Wildman–Crippen MR) is 148 cm³/mol. The first kappa shape index (κ1) is 25.5. The van der Waals surface area contributed by atoms with E-state index in [0.717, 1.165) is 94.1 Å². The van der Waals surface area contributed by atoms with E-state index >= 15 is 0 Å². The summed E-state index contributed by atoms with van der Waals surface area (Å²) in [6.07, 6.45) is 1.18. The number of piperazine rings is 1. The zero-order chi connectivity index (χ0) is 27.2. The number of benzene rings is 1. The smallest absolute Gasteiger partial charge is 0.342 e. The number of anilines is 2. The van der Waals surface area contributed by atoms with Gasteiger partial charge >= 0.3 is 6.03 Å². The molecule has 0 bridgehead atoms. The van der Waals surface area contributed by atoms with Crippen LogP contribution in [0.3, 0.4) is 0 Å². The van der Waals surface area contributed by atoms with E-state index in [4.69, 9.17) is 14.7 Å². The summed E-state index contributed by atoms with van der Waals surface area (Å²) in [6, 6.07) is 5.39. The fourth-order valence-corrected chi connectivity index (χ4v) is 7.09. The number of thioether (sulfide) groups is 1. The lowest BCUT2D eigenvalue weighted by Crippen LogP contribution is -2.56. The van der Waals surface area contributed by atoms with Crippen LogP contribution >= 0.6 is 11.8 Å². The van der Waals surface area contributed by atoms with Crippen molar-refractivity contribution in [2.24, 2.45) is 0 Å². The van der Waals surface area contributed by atoms with Gasteiger partial charge in [-0.3, -0.25) is 19.8 Å². The number of nitrogens with one attached hydrogen (secondary N) is 1. The van der Waals surface area contributed by atoms with E-state index in [0.29, 0.717) is 12.1 Å². The molecule has 12 nitrogen and oxygen atoms in total. The zero-order valence-corrected chi connectivity index (χ0v) is 23.1. The summed E-state index contributed by atoms with van der Waals surface area (Å²) >= 11 is 1.87. The molecule has 0 saturated carbocycles. The highest BCUT2D eigenvalue weighted by Crippen LogP contribution is 2.38. The van der Waals surface area contributed by atoms with E-state index in [1.807, 2.05) is 23.9 Å². The summed E-state index contributed by atoms with van der Waals surface area (Å²) in [7, 11) is 0. The Morgan fingerprint density at radius 1 is 0.900 bits per heavy atom. The van der Waals surface area contributed by atoms with Crippen LogP contribution in [0.15, 0.2) is 23.1 Å². The molecule has 1 aromatic heterocycles. The van der Waals surface area contributed by atoms with Crippen molar-refractivity contribution in [3.63, 3.8) is 0 Å². The molecule has 210 valence electrons. The number of urea groups is 1. The monoisotopic (exact) mass is 564 g/mol. The average Bonchev–Trinajstić information content (AvgIpc) is 3.58. The molecule has 0 atom stereocenters. The van der Waals surface area contributed by atoms with Gasteiger partial charge in [-0.15, -0.1) is 11.8 Å². The molecule has 0 aliphatic carbocycles. The molecule has 3 fully saturated rings. The number of hydrogen-bond acceptors (Lipinski definition) is 10. The van der Waals surface area contributed by atoms with Gasteiger partial charge in [-0.25, -0.2) is 19.8 Å². The van der Waals surface area contributed by atoms with Gasteiger partial charge in [0.15, 0.2) is 0 Å². The van der Waals surface area contributed by atoms with Crippen LogP contribution in [-0.2, 0) is 29.0 Å². The van der Waals surface area contributed by atoms with Crippen LogP contribution in [0.1, 0.15) is 33.6 Å². The Bertz CT molecular complexity index is 1360. The number of aryl methyl sites for hydroxylation is 1. The number of aromatic nitrogens is 2. The second-order valence-electron chi connectivity index (χ2n) is 10.7. The van der Waals surface area contributed by atoms with Crippen molar-refractivity contribution < 1.29 is 19.1 Å². The SMILES string of the molecule is O=C1CCN(N2Cc3cc(CN4CCN(c5nc6c(c(N7CCOCC7)n5)SCC6)CC4)ccc3C2=O)C(=O)N1. The Hall–Kier alpha value is -3.42. The van der Waals surface area contributed by atoms with E-state index in [9.17, 15) is 14.4 Å². The largest absolute Gasteiger partial charge is 0.378 e. The molecule has 0 spiro atoms. The molecule has 6 heterocycles. The molecule has 3 saturated heterocycles. The third-order valence-electron chi connectivity index (χ3n) is 8.14. The third-order valence-corrected chi connectivity index (χ3v) is 9.26. The molecule has 5 aliphatic heterocycles. The van der Waals surface area contributed by atoms with Crippen LogP contribution < -0.4 is 15.1 Å². The molecule has 1 aromatic carbocycles. The van der Waals surface area contributed by atoms with Crippen molar-refractivity contribution in [3.8, 4) is 0 Å². The first-order chi connectivity index (χ1) is 19.5. The van der Waals surface area contributed by atoms with Crippen LogP contribution in [0.25, 0.3) is 0 Å². The van der Waals surface area contributed by atoms with Crippen molar-refractivity contribution >= 4 is 41.4 Å². The lowest BCUT2D eigenvalue weighted by molar-refractivity contribution is -0.123. The number of amides is 4. The number of morpholine rings is 1. The Labute approximate surface area is 236 Å². The number of fused-ring (bicyclic) bond motifs is 2. The maximum atomic E-state index is 13.0. The summed E-state index contributed by atoms with van der Waals surface area (Å²) in [6.45, 7) is 8.04. The highest BCUT2D eigenvalue weighted by molar-refractivity contribution is 7.99. The van der Waals surface area contributed by atoms with E-state index in [1.54, 1.807) is 0 Å². The highest BCUT2D eigenvalue weighted by atomic mass is 32.2. The predicted octanol–water partition coefficient (Wildman–Crippen LogP) is 1.10. The van der Waals surface area contributed by atoms with Gasteiger partial charge in [0.2, 0.25) is 11.9 Å². The summed E-state index contributed by atoms with van der Waals surface area (Å²) < 4.78 is 5.56. The number of carbonyl (C=O) groups is 3. The first-order valence-corrected chi connectivity index (χ1v) is 14.9. The number of hydrogen-bond donors (Lipinski definition) is 1. The molecule has 0 unspecified atom stereocenters. The standard InChI is InChI=1S/C27H32N8O4S/c36-22-3-5-34(27(38)29-22)35-17-19-15-18(1-2-20(19)25(35)37)16-31-6-8-33(9-7-31)26-28-21-4-14-40-23(21)24(30-26)32-10-12-39-13-11-32/h1-2,15H,3-14,16-17H2,(H,29,36,38). The lowest BCUT2D eigenvalue weighted by atomic mass is 10.1. The number of nitrogens with zero attached hydrogens (tertiary/aromatic N) is 7. The Balaban J connectivity index is 0.996. The van der Waals surface area contributed by atoms with Crippen LogP contribution in [-0.4, -0.2) is 108 Å². The van der Waals surface area contributed by atoms with Crippen molar-refractivity contribution in [2.75, 3.05) is 74.6 Å².